The molecule has 1 unspecified atom stereocenters. The first kappa shape index (κ1) is 17.9. The molecule has 2 N–H and O–H groups in total. The van der Waals surface area contributed by atoms with Gasteiger partial charge < -0.3 is 15.1 Å². The van der Waals surface area contributed by atoms with E-state index in [0.717, 1.165) is 16.8 Å². The number of carbonyl (C=O) groups excluding carboxylic acids is 2. The molecule has 8 heteroatoms. The summed E-state index contributed by atoms with van der Waals surface area (Å²) in [7, 11) is 0. The summed E-state index contributed by atoms with van der Waals surface area (Å²) < 4.78 is 5.10. The summed E-state index contributed by atoms with van der Waals surface area (Å²) in [4.78, 5) is 24.3. The molecule has 1 aromatic carbocycles. The third-order valence-corrected chi connectivity index (χ3v) is 4.97. The molecular weight excluding hydrogens is 352 g/mol. The second-order valence-electron chi connectivity index (χ2n) is 5.76. The van der Waals surface area contributed by atoms with E-state index in [0.29, 0.717) is 10.9 Å². The van der Waals surface area contributed by atoms with Crippen LogP contribution in [0.15, 0.2) is 51.2 Å². The van der Waals surface area contributed by atoms with E-state index in [2.05, 4.69) is 20.8 Å². The average molecular weight is 370 g/mol. The number of hydrogen-bond donors (Lipinski definition) is 2. The minimum absolute atomic E-state index is 0.0603. The molecule has 0 spiro atoms. The third-order valence-electron chi connectivity index (χ3n) is 3.90. The van der Waals surface area contributed by atoms with Gasteiger partial charge in [-0.15, -0.1) is 5.10 Å². The molecule has 1 saturated heterocycles. The molecule has 1 aromatic heterocycles. The molecule has 0 radical (unpaired) electrons. The van der Waals surface area contributed by atoms with E-state index in [9.17, 15) is 9.59 Å². The lowest BCUT2D eigenvalue weighted by Gasteiger charge is -2.11. The Kier molecular flexibility index (Phi) is 5.52. The van der Waals surface area contributed by atoms with Crippen molar-refractivity contribution in [3.8, 4) is 0 Å². The quantitative estimate of drug-likeness (QED) is 0.625. The van der Waals surface area contributed by atoms with Gasteiger partial charge in [-0.25, -0.2) is 0 Å². The summed E-state index contributed by atoms with van der Waals surface area (Å²) in [5.41, 5.74) is 2.87. The fourth-order valence-electron chi connectivity index (χ4n) is 2.35. The van der Waals surface area contributed by atoms with Crippen LogP contribution < -0.4 is 10.6 Å². The monoisotopic (exact) mass is 370 g/mol. The van der Waals surface area contributed by atoms with Gasteiger partial charge in [-0.05, 0) is 43.2 Å². The van der Waals surface area contributed by atoms with E-state index in [-0.39, 0.29) is 18.2 Å². The zero-order valence-corrected chi connectivity index (χ0v) is 15.2. The van der Waals surface area contributed by atoms with Crippen molar-refractivity contribution in [3.05, 3.63) is 53.5 Å². The number of furan rings is 1. The molecule has 26 heavy (non-hydrogen) atoms. The summed E-state index contributed by atoms with van der Waals surface area (Å²) in [6.07, 6.45) is 3.04. The topological polar surface area (TPSA) is 96.1 Å². The highest BCUT2D eigenvalue weighted by Crippen LogP contribution is 2.24. The van der Waals surface area contributed by atoms with Crippen molar-refractivity contribution in [2.24, 2.45) is 10.2 Å². The fraction of sp³-hybridized carbons (Fsp3) is 0.222. The highest BCUT2D eigenvalue weighted by molar-refractivity contribution is 8.15. The summed E-state index contributed by atoms with van der Waals surface area (Å²) in [6.45, 7) is 3.93. The average Bonchev–Trinajstić information content (AvgIpc) is 3.22. The number of hydrogen-bond acceptors (Lipinski definition) is 6. The maximum Gasteiger partial charge on any atom is 0.240 e. The van der Waals surface area contributed by atoms with Gasteiger partial charge in [-0.3, -0.25) is 9.59 Å². The number of amidine groups is 1. The Hall–Kier alpha value is -2.87. The summed E-state index contributed by atoms with van der Waals surface area (Å²) in [5.74, 6) is 0.0953. The Morgan fingerprint density at radius 3 is 2.96 bits per heavy atom. The van der Waals surface area contributed by atoms with Crippen LogP contribution in [0.25, 0.3) is 0 Å². The summed E-state index contributed by atoms with van der Waals surface area (Å²) >= 11 is 1.19. The first-order valence-electron chi connectivity index (χ1n) is 8.01. The number of amides is 2. The molecule has 3 rings (SSSR count). The molecule has 0 saturated carbocycles. The molecule has 1 aliphatic rings. The van der Waals surface area contributed by atoms with Crippen LogP contribution >= 0.6 is 11.8 Å². The number of anilines is 1. The molecule has 0 aliphatic carbocycles. The van der Waals surface area contributed by atoms with Crippen molar-refractivity contribution in [2.45, 2.75) is 25.5 Å². The SMILES string of the molecule is Cc1cccc(NC(=O)CC2SC(=NN=Cc3ccco3)NC2=O)c1C. The Balaban J connectivity index is 1.57. The van der Waals surface area contributed by atoms with Crippen molar-refractivity contribution in [1.82, 2.24) is 5.32 Å². The first-order valence-corrected chi connectivity index (χ1v) is 8.89. The van der Waals surface area contributed by atoms with Gasteiger partial charge in [0.1, 0.15) is 11.0 Å². The lowest BCUT2D eigenvalue weighted by molar-refractivity contribution is -0.122. The number of carbonyl (C=O) groups is 2. The molecule has 2 aromatic rings. The lowest BCUT2D eigenvalue weighted by Crippen LogP contribution is -2.28. The maximum atomic E-state index is 12.3. The van der Waals surface area contributed by atoms with Gasteiger partial charge in [-0.1, -0.05) is 23.9 Å². The van der Waals surface area contributed by atoms with E-state index in [4.69, 9.17) is 4.42 Å². The van der Waals surface area contributed by atoms with Crippen LogP contribution in [0.3, 0.4) is 0 Å². The van der Waals surface area contributed by atoms with E-state index in [1.165, 1.54) is 24.2 Å². The summed E-state index contributed by atoms with van der Waals surface area (Å²) in [6, 6.07) is 9.20. The van der Waals surface area contributed by atoms with Gasteiger partial charge in [0.25, 0.3) is 0 Å². The molecule has 2 heterocycles. The smallest absolute Gasteiger partial charge is 0.240 e. The zero-order valence-electron chi connectivity index (χ0n) is 14.4. The predicted octanol–water partition coefficient (Wildman–Crippen LogP) is 2.85. The number of benzene rings is 1. The number of aryl methyl sites for hydroxylation is 1. The number of rotatable bonds is 5. The fourth-order valence-corrected chi connectivity index (χ4v) is 3.27. The summed E-state index contributed by atoms with van der Waals surface area (Å²) in [5, 5.41) is 13.1. The predicted molar refractivity (Wildman–Crippen MR) is 102 cm³/mol. The second kappa shape index (κ2) is 8.01. The highest BCUT2D eigenvalue weighted by atomic mass is 32.2. The van der Waals surface area contributed by atoms with Crippen LogP contribution in [-0.2, 0) is 9.59 Å². The van der Waals surface area contributed by atoms with Crippen molar-refractivity contribution in [2.75, 3.05) is 5.32 Å². The van der Waals surface area contributed by atoms with Gasteiger partial charge in [-0.2, -0.15) is 5.10 Å². The number of nitrogens with zero attached hydrogens (tertiary/aromatic N) is 2. The van der Waals surface area contributed by atoms with E-state index in [1.54, 1.807) is 12.1 Å². The Bertz CT molecular complexity index is 875. The van der Waals surface area contributed by atoms with Crippen LogP contribution in [0, 0.1) is 13.8 Å². The maximum absolute atomic E-state index is 12.3. The van der Waals surface area contributed by atoms with E-state index < -0.39 is 5.25 Å². The normalized spacial score (nSPS) is 18.5. The molecule has 0 bridgehead atoms. The van der Waals surface area contributed by atoms with Gasteiger partial charge >= 0.3 is 0 Å². The van der Waals surface area contributed by atoms with Crippen molar-refractivity contribution in [1.29, 1.82) is 0 Å². The molecule has 7 nitrogen and oxygen atoms in total. The van der Waals surface area contributed by atoms with Gasteiger partial charge in [0.05, 0.1) is 12.5 Å². The van der Waals surface area contributed by atoms with Crippen LogP contribution in [-0.4, -0.2) is 28.4 Å². The van der Waals surface area contributed by atoms with Gasteiger partial charge in [0.2, 0.25) is 11.8 Å². The zero-order chi connectivity index (χ0) is 18.5. The molecule has 134 valence electrons. The van der Waals surface area contributed by atoms with Gasteiger partial charge in [0.15, 0.2) is 5.17 Å². The number of nitrogens with one attached hydrogen (secondary N) is 2. The van der Waals surface area contributed by atoms with E-state index in [1.807, 2.05) is 32.0 Å². The third kappa shape index (κ3) is 4.40. The standard InChI is InChI=1S/C18H18N4O3S/c1-11-5-3-7-14(12(11)2)20-16(23)9-15-17(24)21-18(26-15)22-19-10-13-6-4-8-25-13/h3-8,10,15H,9H2,1-2H3,(H,20,23)(H,21,22,24). The molecule has 1 fully saturated rings. The molecule has 1 atom stereocenters. The highest BCUT2D eigenvalue weighted by Gasteiger charge is 2.32. The molecule has 1 aliphatic heterocycles. The lowest BCUT2D eigenvalue weighted by atomic mass is 10.1. The Morgan fingerprint density at radius 2 is 2.19 bits per heavy atom. The van der Waals surface area contributed by atoms with E-state index >= 15 is 0 Å². The largest absolute Gasteiger partial charge is 0.463 e. The van der Waals surface area contributed by atoms with Crippen LogP contribution in [0.2, 0.25) is 0 Å². The van der Waals surface area contributed by atoms with Crippen molar-refractivity contribution < 1.29 is 14.0 Å². The van der Waals surface area contributed by atoms with Crippen LogP contribution in [0.5, 0.6) is 0 Å². The van der Waals surface area contributed by atoms with Crippen molar-refractivity contribution >= 4 is 40.6 Å². The van der Waals surface area contributed by atoms with Crippen LogP contribution in [0.1, 0.15) is 23.3 Å². The van der Waals surface area contributed by atoms with Gasteiger partial charge in [0, 0.05) is 12.1 Å². The minimum Gasteiger partial charge on any atom is -0.463 e. The Morgan fingerprint density at radius 1 is 1.35 bits per heavy atom. The second-order valence-corrected chi connectivity index (χ2v) is 6.95. The van der Waals surface area contributed by atoms with Crippen molar-refractivity contribution in [3.63, 3.8) is 0 Å². The Labute approximate surface area is 155 Å². The number of thioether (sulfide) groups is 1. The molecule has 2 amide bonds. The first-order chi connectivity index (χ1) is 12.5. The minimum atomic E-state index is -0.530. The van der Waals surface area contributed by atoms with Crippen LogP contribution in [0.4, 0.5) is 5.69 Å². The molecular formula is C18H18N4O3S.